The molecule has 0 saturated heterocycles. The summed E-state index contributed by atoms with van der Waals surface area (Å²) >= 11 is 0. The Labute approximate surface area is 122 Å². The number of carbonyl (C=O) groups excluding carboxylic acids is 1. The maximum absolute atomic E-state index is 11.8. The van der Waals surface area contributed by atoms with E-state index in [-0.39, 0.29) is 17.9 Å². The molecule has 6 nitrogen and oxygen atoms in total. The minimum Gasteiger partial charge on any atom is -0.462 e. The highest BCUT2D eigenvalue weighted by molar-refractivity contribution is 5.95. The number of hydrogen-bond donors (Lipinski definition) is 2. The number of nitrogens with zero attached hydrogens (tertiary/aromatic N) is 2. The van der Waals surface area contributed by atoms with Crippen LogP contribution >= 0.6 is 0 Å². The number of nitrogens with two attached hydrogens (primary N) is 1. The molecule has 6 heteroatoms. The fraction of sp³-hybridized carbons (Fsp3) is 0.133. The third-order valence-corrected chi connectivity index (χ3v) is 2.74. The van der Waals surface area contributed by atoms with Gasteiger partial charge in [0.15, 0.2) is 0 Å². The number of hydrogen-bond acceptors (Lipinski definition) is 6. The van der Waals surface area contributed by atoms with Crippen LogP contribution in [0.25, 0.3) is 0 Å². The molecule has 0 radical (unpaired) electrons. The van der Waals surface area contributed by atoms with Crippen molar-refractivity contribution in [3.8, 4) is 6.07 Å². The molecule has 2 aromatic rings. The summed E-state index contributed by atoms with van der Waals surface area (Å²) in [7, 11) is 0. The molecule has 0 aliphatic heterocycles. The summed E-state index contributed by atoms with van der Waals surface area (Å²) in [6.45, 7) is 1.98. The van der Waals surface area contributed by atoms with Crippen molar-refractivity contribution < 1.29 is 9.53 Å². The molecule has 0 spiro atoms. The number of rotatable bonds is 4. The van der Waals surface area contributed by atoms with E-state index in [0.717, 1.165) is 0 Å². The second-order valence-corrected chi connectivity index (χ2v) is 4.16. The van der Waals surface area contributed by atoms with Gasteiger partial charge in [0.2, 0.25) is 0 Å². The molecule has 106 valence electrons. The molecule has 0 saturated carbocycles. The Balaban J connectivity index is 2.31. The Hall–Kier alpha value is -3.07. The summed E-state index contributed by atoms with van der Waals surface area (Å²) in [4.78, 5) is 15.9. The number of carbonyl (C=O) groups is 1. The van der Waals surface area contributed by atoms with E-state index >= 15 is 0 Å². The predicted octanol–water partition coefficient (Wildman–Crippen LogP) is 2.46. The van der Waals surface area contributed by atoms with E-state index in [1.54, 1.807) is 31.2 Å². The molecule has 0 amide bonds. The van der Waals surface area contributed by atoms with Gasteiger partial charge in [-0.1, -0.05) is 12.1 Å². The number of aromatic nitrogens is 1. The van der Waals surface area contributed by atoms with Crippen LogP contribution in [0.5, 0.6) is 0 Å². The second-order valence-electron chi connectivity index (χ2n) is 4.16. The zero-order valence-corrected chi connectivity index (χ0v) is 11.5. The smallest absolute Gasteiger partial charge is 0.340 e. The van der Waals surface area contributed by atoms with Crippen molar-refractivity contribution in [2.45, 2.75) is 6.92 Å². The molecule has 1 aromatic heterocycles. The van der Waals surface area contributed by atoms with E-state index in [4.69, 9.17) is 15.7 Å². The summed E-state index contributed by atoms with van der Waals surface area (Å²) in [6.07, 6.45) is 1.38. The van der Waals surface area contributed by atoms with Crippen LogP contribution in [0.1, 0.15) is 22.8 Å². The fourth-order valence-electron chi connectivity index (χ4n) is 1.75. The highest BCUT2D eigenvalue weighted by Gasteiger charge is 2.13. The molecule has 0 bridgehead atoms. The lowest BCUT2D eigenvalue weighted by Crippen LogP contribution is -2.09. The highest BCUT2D eigenvalue weighted by atomic mass is 16.5. The monoisotopic (exact) mass is 282 g/mol. The molecular formula is C15H14N4O2. The van der Waals surface area contributed by atoms with Crippen LogP contribution in [-0.4, -0.2) is 17.6 Å². The summed E-state index contributed by atoms with van der Waals surface area (Å²) < 4.78 is 4.93. The molecule has 1 heterocycles. The molecule has 0 unspecified atom stereocenters. The van der Waals surface area contributed by atoms with Crippen molar-refractivity contribution >= 4 is 23.2 Å². The Morgan fingerprint density at radius 2 is 2.24 bits per heavy atom. The van der Waals surface area contributed by atoms with Gasteiger partial charge in [-0.25, -0.2) is 9.78 Å². The first kappa shape index (κ1) is 14.3. The lowest BCUT2D eigenvalue weighted by atomic mass is 10.2. The van der Waals surface area contributed by atoms with Crippen LogP contribution in [0, 0.1) is 11.3 Å². The van der Waals surface area contributed by atoms with Gasteiger partial charge < -0.3 is 15.8 Å². The van der Waals surface area contributed by atoms with Crippen LogP contribution in [-0.2, 0) is 4.74 Å². The minimum atomic E-state index is -0.506. The maximum atomic E-state index is 11.8. The standard InChI is InChI=1S/C15H14N4O2/c1-2-21-15(20)11-7-14(18-9-12(11)17)19-13-6-4-3-5-10(13)8-16/h3-7,9H,2,17H2,1H3,(H,18,19). The molecular weight excluding hydrogens is 268 g/mol. The van der Waals surface area contributed by atoms with Crippen LogP contribution in [0.4, 0.5) is 17.2 Å². The highest BCUT2D eigenvalue weighted by Crippen LogP contribution is 2.22. The van der Waals surface area contributed by atoms with E-state index in [2.05, 4.69) is 16.4 Å². The van der Waals surface area contributed by atoms with Gasteiger partial charge in [0, 0.05) is 0 Å². The summed E-state index contributed by atoms with van der Waals surface area (Å²) in [5.41, 5.74) is 7.29. The lowest BCUT2D eigenvalue weighted by molar-refractivity contribution is 0.0527. The fourth-order valence-corrected chi connectivity index (χ4v) is 1.75. The summed E-state index contributed by atoms with van der Waals surface area (Å²) in [5, 5.41) is 12.0. The average molecular weight is 282 g/mol. The summed E-state index contributed by atoms with van der Waals surface area (Å²) in [5.74, 6) is -0.0935. The first-order chi connectivity index (χ1) is 10.2. The third-order valence-electron chi connectivity index (χ3n) is 2.74. The van der Waals surface area contributed by atoms with E-state index in [1.807, 2.05) is 0 Å². The Morgan fingerprint density at radius 3 is 2.95 bits per heavy atom. The average Bonchev–Trinajstić information content (AvgIpc) is 2.50. The zero-order valence-electron chi connectivity index (χ0n) is 11.5. The summed E-state index contributed by atoms with van der Waals surface area (Å²) in [6, 6.07) is 10.6. The number of pyridine rings is 1. The Bertz CT molecular complexity index is 707. The minimum absolute atomic E-state index is 0.240. The van der Waals surface area contributed by atoms with Crippen molar-refractivity contribution in [2.24, 2.45) is 0 Å². The van der Waals surface area contributed by atoms with Gasteiger partial charge in [-0.15, -0.1) is 0 Å². The normalized spacial score (nSPS) is 9.71. The molecule has 0 aliphatic carbocycles. The van der Waals surface area contributed by atoms with Crippen molar-refractivity contribution in [1.82, 2.24) is 4.98 Å². The van der Waals surface area contributed by atoms with Crippen LogP contribution in [0.3, 0.4) is 0 Å². The van der Waals surface area contributed by atoms with Gasteiger partial charge in [-0.05, 0) is 25.1 Å². The first-order valence-electron chi connectivity index (χ1n) is 6.34. The molecule has 21 heavy (non-hydrogen) atoms. The van der Waals surface area contributed by atoms with Gasteiger partial charge in [0.1, 0.15) is 11.9 Å². The molecule has 0 atom stereocenters. The molecule has 3 N–H and O–H groups in total. The maximum Gasteiger partial charge on any atom is 0.340 e. The predicted molar refractivity (Wildman–Crippen MR) is 79.0 cm³/mol. The lowest BCUT2D eigenvalue weighted by Gasteiger charge is -2.10. The quantitative estimate of drug-likeness (QED) is 0.835. The number of para-hydroxylation sites is 1. The zero-order chi connectivity index (χ0) is 15.2. The van der Waals surface area contributed by atoms with Gasteiger partial charge in [-0.3, -0.25) is 0 Å². The number of nitriles is 1. The Morgan fingerprint density at radius 1 is 1.48 bits per heavy atom. The van der Waals surface area contributed by atoms with E-state index in [0.29, 0.717) is 17.1 Å². The number of nitrogen functional groups attached to an aromatic ring is 1. The van der Waals surface area contributed by atoms with Crippen LogP contribution in [0.15, 0.2) is 36.5 Å². The molecule has 0 fully saturated rings. The van der Waals surface area contributed by atoms with Crippen molar-refractivity contribution in [3.63, 3.8) is 0 Å². The molecule has 0 aliphatic rings. The van der Waals surface area contributed by atoms with Crippen molar-refractivity contribution in [3.05, 3.63) is 47.7 Å². The van der Waals surface area contributed by atoms with Gasteiger partial charge in [-0.2, -0.15) is 5.26 Å². The molecule has 1 aromatic carbocycles. The van der Waals surface area contributed by atoms with E-state index in [9.17, 15) is 4.79 Å². The van der Waals surface area contributed by atoms with Crippen LogP contribution < -0.4 is 11.1 Å². The topological polar surface area (TPSA) is 101 Å². The van der Waals surface area contributed by atoms with Crippen molar-refractivity contribution in [2.75, 3.05) is 17.7 Å². The number of nitrogens with one attached hydrogen (secondary N) is 1. The largest absolute Gasteiger partial charge is 0.462 e. The first-order valence-corrected chi connectivity index (χ1v) is 6.34. The van der Waals surface area contributed by atoms with E-state index in [1.165, 1.54) is 12.3 Å². The van der Waals surface area contributed by atoms with Crippen molar-refractivity contribution in [1.29, 1.82) is 5.26 Å². The Kier molecular flexibility index (Phi) is 4.36. The van der Waals surface area contributed by atoms with E-state index < -0.39 is 5.97 Å². The van der Waals surface area contributed by atoms with Gasteiger partial charge >= 0.3 is 5.97 Å². The number of benzene rings is 1. The van der Waals surface area contributed by atoms with Gasteiger partial charge in [0.25, 0.3) is 0 Å². The number of esters is 1. The number of ether oxygens (including phenoxy) is 1. The van der Waals surface area contributed by atoms with Crippen LogP contribution in [0.2, 0.25) is 0 Å². The van der Waals surface area contributed by atoms with Gasteiger partial charge in [0.05, 0.1) is 35.3 Å². The second kappa shape index (κ2) is 6.39. The molecule has 2 rings (SSSR count). The third kappa shape index (κ3) is 3.28. The SMILES string of the molecule is CCOC(=O)c1cc(Nc2ccccc2C#N)ncc1N. The number of anilines is 3.